The lowest BCUT2D eigenvalue weighted by atomic mass is 10.3. The zero-order valence-corrected chi connectivity index (χ0v) is 7.45. The minimum absolute atomic E-state index is 0.0815. The molecular formula is C7H8N2O3S. The highest BCUT2D eigenvalue weighted by atomic mass is 32.2. The highest BCUT2D eigenvalue weighted by Crippen LogP contribution is 2.31. The predicted molar refractivity (Wildman–Crippen MR) is 49.0 cm³/mol. The zero-order chi connectivity index (χ0) is 9.47. The standard InChI is InChI=1S/C7H8N2O3S/c10-13(11,12)9-5-8-6-3-1-2-4-7(6)9/h1-4,8H,5H2,(H,10,11,12). The van der Waals surface area contributed by atoms with E-state index in [0.29, 0.717) is 11.4 Å². The third-order valence-corrected chi connectivity index (χ3v) is 2.75. The van der Waals surface area contributed by atoms with Gasteiger partial charge in [-0.05, 0) is 12.1 Å². The summed E-state index contributed by atoms with van der Waals surface area (Å²) in [5.74, 6) is 0. The van der Waals surface area contributed by atoms with Crippen LogP contribution in [0.25, 0.3) is 0 Å². The van der Waals surface area contributed by atoms with E-state index in [1.54, 1.807) is 24.3 Å². The molecule has 1 aliphatic heterocycles. The van der Waals surface area contributed by atoms with Crippen molar-refractivity contribution in [2.75, 3.05) is 16.3 Å². The molecule has 0 saturated heterocycles. The summed E-state index contributed by atoms with van der Waals surface area (Å²) in [5, 5.41) is 2.84. The van der Waals surface area contributed by atoms with E-state index in [1.165, 1.54) is 0 Å². The molecule has 1 aromatic carbocycles. The van der Waals surface area contributed by atoms with Gasteiger partial charge in [-0.3, -0.25) is 4.55 Å². The largest absolute Gasteiger partial charge is 0.365 e. The minimum Gasteiger partial charge on any atom is -0.365 e. The summed E-state index contributed by atoms with van der Waals surface area (Å²) >= 11 is 0. The lowest BCUT2D eigenvalue weighted by molar-refractivity contribution is 0.480. The van der Waals surface area contributed by atoms with Crippen LogP contribution in [0.1, 0.15) is 0 Å². The van der Waals surface area contributed by atoms with Gasteiger partial charge in [-0.25, -0.2) is 4.31 Å². The normalized spacial score (nSPS) is 15.3. The molecule has 2 N–H and O–H groups in total. The Morgan fingerprint density at radius 2 is 2.08 bits per heavy atom. The number of nitrogens with one attached hydrogen (secondary N) is 1. The van der Waals surface area contributed by atoms with Gasteiger partial charge in [0, 0.05) is 0 Å². The average molecular weight is 200 g/mol. The minimum atomic E-state index is -4.15. The molecule has 0 aliphatic carbocycles. The van der Waals surface area contributed by atoms with Crippen molar-refractivity contribution >= 4 is 21.7 Å². The van der Waals surface area contributed by atoms with Crippen LogP contribution >= 0.6 is 0 Å². The molecule has 13 heavy (non-hydrogen) atoms. The van der Waals surface area contributed by atoms with E-state index in [1.807, 2.05) is 0 Å². The van der Waals surface area contributed by atoms with Crippen LogP contribution < -0.4 is 9.62 Å². The number of fused-ring (bicyclic) bond motifs is 1. The van der Waals surface area contributed by atoms with E-state index >= 15 is 0 Å². The van der Waals surface area contributed by atoms with E-state index in [9.17, 15) is 8.42 Å². The molecule has 5 nitrogen and oxygen atoms in total. The Hall–Kier alpha value is -1.27. The van der Waals surface area contributed by atoms with Gasteiger partial charge in [0.05, 0.1) is 11.4 Å². The van der Waals surface area contributed by atoms with Crippen LogP contribution in [0.15, 0.2) is 24.3 Å². The van der Waals surface area contributed by atoms with Crippen molar-refractivity contribution in [2.24, 2.45) is 0 Å². The maximum Gasteiger partial charge on any atom is 0.361 e. The Kier molecular flexibility index (Phi) is 1.67. The van der Waals surface area contributed by atoms with Crippen molar-refractivity contribution in [1.29, 1.82) is 0 Å². The van der Waals surface area contributed by atoms with Gasteiger partial charge in [-0.1, -0.05) is 12.1 Å². The van der Waals surface area contributed by atoms with Crippen LogP contribution in [0.2, 0.25) is 0 Å². The molecule has 0 bridgehead atoms. The number of nitrogens with zero attached hydrogens (tertiary/aromatic N) is 1. The Morgan fingerprint density at radius 3 is 2.77 bits per heavy atom. The number of hydrogen-bond donors (Lipinski definition) is 2. The molecule has 6 heteroatoms. The second kappa shape index (κ2) is 2.61. The molecule has 1 aromatic rings. The van der Waals surface area contributed by atoms with Crippen LogP contribution in [0.3, 0.4) is 0 Å². The van der Waals surface area contributed by atoms with Crippen molar-refractivity contribution in [2.45, 2.75) is 0 Å². The van der Waals surface area contributed by atoms with Crippen molar-refractivity contribution in [1.82, 2.24) is 0 Å². The first-order valence-electron chi connectivity index (χ1n) is 3.67. The number of benzene rings is 1. The molecule has 0 aromatic heterocycles. The van der Waals surface area contributed by atoms with Crippen molar-refractivity contribution < 1.29 is 13.0 Å². The molecule has 0 unspecified atom stereocenters. The lowest BCUT2D eigenvalue weighted by Crippen LogP contribution is -2.29. The molecule has 0 spiro atoms. The van der Waals surface area contributed by atoms with Gasteiger partial charge in [0.2, 0.25) is 0 Å². The van der Waals surface area contributed by atoms with E-state index in [0.717, 1.165) is 4.31 Å². The Labute approximate surface area is 75.9 Å². The summed E-state index contributed by atoms with van der Waals surface area (Å²) < 4.78 is 31.4. The van der Waals surface area contributed by atoms with Crippen LogP contribution in [0.4, 0.5) is 11.4 Å². The van der Waals surface area contributed by atoms with Gasteiger partial charge in [0.25, 0.3) is 0 Å². The van der Waals surface area contributed by atoms with Crippen molar-refractivity contribution in [3.05, 3.63) is 24.3 Å². The first-order chi connectivity index (χ1) is 6.09. The van der Waals surface area contributed by atoms with E-state index in [2.05, 4.69) is 5.32 Å². The molecule has 0 fully saturated rings. The quantitative estimate of drug-likeness (QED) is 0.654. The fourth-order valence-electron chi connectivity index (χ4n) is 1.29. The summed E-state index contributed by atoms with van der Waals surface area (Å²) in [6.45, 7) is 0.0815. The fourth-order valence-corrected chi connectivity index (χ4v) is 1.92. The van der Waals surface area contributed by atoms with Gasteiger partial charge in [0.15, 0.2) is 0 Å². The van der Waals surface area contributed by atoms with Crippen molar-refractivity contribution in [3.8, 4) is 0 Å². The third-order valence-electron chi connectivity index (χ3n) is 1.86. The smallest absolute Gasteiger partial charge is 0.361 e. The van der Waals surface area contributed by atoms with Crippen LogP contribution in [-0.4, -0.2) is 19.6 Å². The second-order valence-corrected chi connectivity index (χ2v) is 4.01. The highest BCUT2D eigenvalue weighted by Gasteiger charge is 2.26. The molecule has 2 rings (SSSR count). The summed E-state index contributed by atoms with van der Waals surface area (Å²) in [6, 6.07) is 6.88. The average Bonchev–Trinajstić information content (AvgIpc) is 2.45. The van der Waals surface area contributed by atoms with Gasteiger partial charge >= 0.3 is 10.3 Å². The first-order valence-corrected chi connectivity index (χ1v) is 5.07. The summed E-state index contributed by atoms with van der Waals surface area (Å²) in [6.07, 6.45) is 0. The van der Waals surface area contributed by atoms with Gasteiger partial charge in [0.1, 0.15) is 6.67 Å². The van der Waals surface area contributed by atoms with Gasteiger partial charge in [-0.15, -0.1) is 0 Å². The molecule has 1 aliphatic rings. The fraction of sp³-hybridized carbons (Fsp3) is 0.143. The number of anilines is 2. The van der Waals surface area contributed by atoms with Crippen molar-refractivity contribution in [3.63, 3.8) is 0 Å². The molecule has 0 atom stereocenters. The lowest BCUT2D eigenvalue weighted by Gasteiger charge is -2.12. The van der Waals surface area contributed by atoms with E-state index in [-0.39, 0.29) is 6.67 Å². The first kappa shape index (κ1) is 8.33. The molecule has 0 amide bonds. The maximum atomic E-state index is 10.8. The van der Waals surface area contributed by atoms with E-state index in [4.69, 9.17) is 4.55 Å². The number of para-hydroxylation sites is 2. The second-order valence-electron chi connectivity index (χ2n) is 2.68. The molecular weight excluding hydrogens is 192 g/mol. The molecule has 0 saturated carbocycles. The van der Waals surface area contributed by atoms with Gasteiger partial charge < -0.3 is 5.32 Å². The van der Waals surface area contributed by atoms with E-state index < -0.39 is 10.3 Å². The topological polar surface area (TPSA) is 69.6 Å². The van der Waals surface area contributed by atoms with Crippen LogP contribution in [0.5, 0.6) is 0 Å². The highest BCUT2D eigenvalue weighted by molar-refractivity contribution is 7.87. The number of rotatable bonds is 1. The Balaban J connectivity index is 2.51. The number of hydrogen-bond acceptors (Lipinski definition) is 3. The Bertz CT molecular complexity index is 429. The zero-order valence-electron chi connectivity index (χ0n) is 6.64. The summed E-state index contributed by atoms with van der Waals surface area (Å²) in [7, 11) is -4.15. The molecule has 1 heterocycles. The SMILES string of the molecule is O=S(=O)(O)N1CNc2ccccc21. The Morgan fingerprint density at radius 1 is 1.38 bits per heavy atom. The monoisotopic (exact) mass is 200 g/mol. The van der Waals surface area contributed by atoms with Crippen LogP contribution in [-0.2, 0) is 10.3 Å². The van der Waals surface area contributed by atoms with Gasteiger partial charge in [-0.2, -0.15) is 8.42 Å². The summed E-state index contributed by atoms with van der Waals surface area (Å²) in [5.41, 5.74) is 1.19. The summed E-state index contributed by atoms with van der Waals surface area (Å²) in [4.78, 5) is 0. The third kappa shape index (κ3) is 1.34. The van der Waals surface area contributed by atoms with Crippen LogP contribution in [0, 0.1) is 0 Å². The molecule has 0 radical (unpaired) electrons. The molecule has 70 valence electrons. The predicted octanol–water partition coefficient (Wildman–Crippen LogP) is 0.679. The maximum absolute atomic E-state index is 10.8.